The van der Waals surface area contributed by atoms with E-state index in [0.717, 1.165) is 12.2 Å². The summed E-state index contributed by atoms with van der Waals surface area (Å²) in [6.07, 6.45) is 1.04. The molecule has 0 aliphatic rings. The second-order valence-corrected chi connectivity index (χ2v) is 3.41. The molecular weight excluding hydrogens is 171 g/mol. The summed E-state index contributed by atoms with van der Waals surface area (Å²) in [5.41, 5.74) is 1.19. The van der Waals surface area contributed by atoms with E-state index in [4.69, 9.17) is 0 Å². The van der Waals surface area contributed by atoms with Crippen LogP contribution in [0.3, 0.4) is 0 Å². The van der Waals surface area contributed by atoms with Gasteiger partial charge in [-0.15, -0.1) is 0 Å². The Balaban J connectivity index is 2.68. The third kappa shape index (κ3) is 2.52. The molecule has 0 amide bonds. The highest BCUT2D eigenvalue weighted by atomic mass is 32.1. The van der Waals surface area contributed by atoms with E-state index in [1.165, 1.54) is 17.7 Å². The normalized spacial score (nSPS) is 12.9. The van der Waals surface area contributed by atoms with Crippen LogP contribution in [0.4, 0.5) is 4.39 Å². The maximum atomic E-state index is 12.5. The van der Waals surface area contributed by atoms with Crippen molar-refractivity contribution >= 4 is 12.6 Å². The fourth-order valence-electron chi connectivity index (χ4n) is 1.15. The number of rotatable bonds is 3. The summed E-state index contributed by atoms with van der Waals surface area (Å²) in [6, 6.07) is 6.68. The molecule has 0 fully saturated rings. The van der Waals surface area contributed by atoms with Crippen LogP contribution >= 0.6 is 12.6 Å². The summed E-state index contributed by atoms with van der Waals surface area (Å²) >= 11 is 4.16. The average molecular weight is 184 g/mol. The Morgan fingerprint density at radius 2 is 1.92 bits per heavy atom. The van der Waals surface area contributed by atoms with Gasteiger partial charge in [0, 0.05) is 0 Å². The van der Waals surface area contributed by atoms with Gasteiger partial charge in [0.25, 0.3) is 0 Å². The average Bonchev–Trinajstić information content (AvgIpc) is 2.06. The first-order valence-electron chi connectivity index (χ1n) is 4.10. The molecule has 1 aromatic rings. The van der Waals surface area contributed by atoms with Gasteiger partial charge < -0.3 is 0 Å². The smallest absolute Gasteiger partial charge is 0.123 e. The quantitative estimate of drug-likeness (QED) is 0.685. The molecule has 0 radical (unpaired) electrons. The predicted octanol–water partition coefficient (Wildman–Crippen LogP) is 3.25. The maximum Gasteiger partial charge on any atom is 0.123 e. The Morgan fingerprint density at radius 3 is 2.42 bits per heavy atom. The highest BCUT2D eigenvalue weighted by molar-refractivity contribution is 7.80. The van der Waals surface area contributed by atoms with Crippen LogP contribution in [0.1, 0.15) is 24.8 Å². The van der Waals surface area contributed by atoms with Crippen LogP contribution in [-0.2, 0) is 0 Å². The third-order valence-corrected chi connectivity index (χ3v) is 2.26. The Morgan fingerprint density at radius 1 is 1.33 bits per heavy atom. The number of thiol groups is 1. The molecule has 0 aliphatic heterocycles. The third-order valence-electron chi connectivity index (χ3n) is 2.00. The molecule has 0 spiro atoms. The number of hydrogen-bond acceptors (Lipinski definition) is 1. The van der Waals surface area contributed by atoms with Crippen molar-refractivity contribution in [2.24, 2.45) is 0 Å². The molecule has 0 nitrogen and oxygen atoms in total. The van der Waals surface area contributed by atoms with Gasteiger partial charge in [0.1, 0.15) is 5.82 Å². The second-order valence-electron chi connectivity index (χ2n) is 2.96. The Labute approximate surface area is 78.2 Å². The number of hydrogen-bond donors (Lipinski definition) is 1. The molecular formula is C10H13FS. The van der Waals surface area contributed by atoms with Gasteiger partial charge in [-0.1, -0.05) is 19.1 Å². The predicted molar refractivity (Wildman–Crippen MR) is 53.3 cm³/mol. The zero-order valence-electron chi connectivity index (χ0n) is 7.13. The van der Waals surface area contributed by atoms with Crippen molar-refractivity contribution in [2.75, 3.05) is 5.75 Å². The Kier molecular flexibility index (Phi) is 3.60. The number of benzene rings is 1. The van der Waals surface area contributed by atoms with Crippen LogP contribution in [0.25, 0.3) is 0 Å². The first-order valence-corrected chi connectivity index (χ1v) is 4.73. The van der Waals surface area contributed by atoms with Gasteiger partial charge in [-0.05, 0) is 35.8 Å². The van der Waals surface area contributed by atoms with Crippen molar-refractivity contribution < 1.29 is 4.39 Å². The van der Waals surface area contributed by atoms with Crippen molar-refractivity contribution in [2.45, 2.75) is 19.3 Å². The molecule has 1 atom stereocenters. The lowest BCUT2D eigenvalue weighted by atomic mass is 9.99. The summed E-state index contributed by atoms with van der Waals surface area (Å²) < 4.78 is 12.5. The SMILES string of the molecule is CC(CCS)c1ccc(F)cc1. The Hall–Kier alpha value is -0.500. The van der Waals surface area contributed by atoms with Gasteiger partial charge in [0.05, 0.1) is 0 Å². The summed E-state index contributed by atoms with van der Waals surface area (Å²) in [5, 5.41) is 0. The highest BCUT2D eigenvalue weighted by Crippen LogP contribution is 2.19. The fourth-order valence-corrected chi connectivity index (χ4v) is 1.54. The first-order chi connectivity index (χ1) is 5.74. The van der Waals surface area contributed by atoms with Crippen molar-refractivity contribution in [1.29, 1.82) is 0 Å². The van der Waals surface area contributed by atoms with Gasteiger partial charge in [0.2, 0.25) is 0 Å². The molecule has 0 aromatic heterocycles. The van der Waals surface area contributed by atoms with Gasteiger partial charge in [-0.25, -0.2) is 4.39 Å². The molecule has 0 bridgehead atoms. The van der Waals surface area contributed by atoms with Crippen LogP contribution in [0.2, 0.25) is 0 Å². The Bertz CT molecular complexity index is 230. The molecule has 2 heteroatoms. The largest absolute Gasteiger partial charge is 0.207 e. The molecule has 1 unspecified atom stereocenters. The molecule has 0 heterocycles. The van der Waals surface area contributed by atoms with Crippen LogP contribution in [0.15, 0.2) is 24.3 Å². The van der Waals surface area contributed by atoms with Crippen molar-refractivity contribution in [1.82, 2.24) is 0 Å². The minimum Gasteiger partial charge on any atom is -0.207 e. The van der Waals surface area contributed by atoms with Crippen LogP contribution in [0, 0.1) is 5.82 Å². The van der Waals surface area contributed by atoms with Crippen LogP contribution in [-0.4, -0.2) is 5.75 Å². The summed E-state index contributed by atoms with van der Waals surface area (Å²) in [7, 11) is 0. The van der Waals surface area contributed by atoms with Crippen molar-refractivity contribution in [3.8, 4) is 0 Å². The van der Waals surface area contributed by atoms with Crippen molar-refractivity contribution in [3.05, 3.63) is 35.6 Å². The summed E-state index contributed by atoms with van der Waals surface area (Å²) in [4.78, 5) is 0. The molecule has 1 rings (SSSR count). The second kappa shape index (κ2) is 4.51. The minimum absolute atomic E-state index is 0.170. The standard InChI is InChI=1S/C10H13FS/c1-8(6-7-12)9-2-4-10(11)5-3-9/h2-5,8,12H,6-7H2,1H3. The minimum atomic E-state index is -0.170. The van der Waals surface area contributed by atoms with Gasteiger partial charge >= 0.3 is 0 Å². The van der Waals surface area contributed by atoms with E-state index in [9.17, 15) is 4.39 Å². The molecule has 0 aliphatic carbocycles. The highest BCUT2D eigenvalue weighted by Gasteiger charge is 2.03. The lowest BCUT2D eigenvalue weighted by Gasteiger charge is -2.09. The van der Waals surface area contributed by atoms with E-state index in [0.29, 0.717) is 5.92 Å². The molecule has 12 heavy (non-hydrogen) atoms. The van der Waals surface area contributed by atoms with Crippen LogP contribution in [0.5, 0.6) is 0 Å². The van der Waals surface area contributed by atoms with Crippen LogP contribution < -0.4 is 0 Å². The van der Waals surface area contributed by atoms with Gasteiger partial charge in [-0.2, -0.15) is 12.6 Å². The summed E-state index contributed by atoms with van der Waals surface area (Å²) in [6.45, 7) is 2.13. The molecule has 66 valence electrons. The maximum absolute atomic E-state index is 12.5. The van der Waals surface area contributed by atoms with E-state index in [1.54, 1.807) is 0 Å². The van der Waals surface area contributed by atoms with Gasteiger partial charge in [0.15, 0.2) is 0 Å². The first kappa shape index (κ1) is 9.59. The summed E-state index contributed by atoms with van der Waals surface area (Å²) in [5.74, 6) is 1.18. The van der Waals surface area contributed by atoms with Crippen molar-refractivity contribution in [3.63, 3.8) is 0 Å². The number of halogens is 1. The fraction of sp³-hybridized carbons (Fsp3) is 0.400. The van der Waals surface area contributed by atoms with E-state index in [2.05, 4.69) is 19.6 Å². The zero-order chi connectivity index (χ0) is 8.97. The van der Waals surface area contributed by atoms with Gasteiger partial charge in [-0.3, -0.25) is 0 Å². The van der Waals surface area contributed by atoms with E-state index < -0.39 is 0 Å². The molecule has 0 N–H and O–H groups in total. The van der Waals surface area contributed by atoms with E-state index in [1.807, 2.05) is 12.1 Å². The lowest BCUT2D eigenvalue weighted by Crippen LogP contribution is -1.94. The topological polar surface area (TPSA) is 0 Å². The monoisotopic (exact) mass is 184 g/mol. The van der Waals surface area contributed by atoms with E-state index >= 15 is 0 Å². The van der Waals surface area contributed by atoms with E-state index in [-0.39, 0.29) is 5.82 Å². The molecule has 1 aromatic carbocycles. The lowest BCUT2D eigenvalue weighted by molar-refractivity contribution is 0.625. The molecule has 0 saturated heterocycles. The molecule has 0 saturated carbocycles. The zero-order valence-corrected chi connectivity index (χ0v) is 8.02.